The average molecular weight is 2060 g/mol. The maximum atomic E-state index is 13.2. The van der Waals surface area contributed by atoms with E-state index < -0.39 is 106 Å². The number of ether oxygens (including phenoxy) is 11. The van der Waals surface area contributed by atoms with Gasteiger partial charge in [0.1, 0.15) is 98.9 Å². The molecular formula is C96H111Cl5F13N4NaO18. The first-order valence-corrected chi connectivity index (χ1v) is 41.8. The van der Waals surface area contributed by atoms with Gasteiger partial charge in [-0.05, 0) is 92.3 Å². The zero-order valence-electron chi connectivity index (χ0n) is 80.0. The van der Waals surface area contributed by atoms with Gasteiger partial charge in [0.2, 0.25) is 11.6 Å². The molecule has 0 bridgehead atoms. The molecule has 0 spiro atoms. The van der Waals surface area contributed by atoms with E-state index in [0.29, 0.717) is 63.5 Å². The SMILES string of the molecule is C1CCOC1.COC(=O)/C(C#N)=C(/C)c1ccc(F)cc1OC.COC(=O)C(C#N)C(C)(C)c1ccc(F)cc1OC.COc1cc(F)ccc1C(C)(C)CC#N.COc1cc(F)ccc1C(C)(C)CC(=O)C(F)(F)F.COc1cc(F)ccc1C(C)(C)CC(=O)C(F)(F)F.COc1cc(F)ccc1C(C)(C)CC=O.COc1cc(F)ccc1C(C)=O.ClCCl.ClCCl.[C-]#[N+]CC(=O)OC.[Cl-].[Na+]. The van der Waals surface area contributed by atoms with Crippen LogP contribution in [-0.4, -0.2) is 155 Å². The fourth-order valence-electron chi connectivity index (χ4n) is 11.8. The number of rotatable bonds is 25. The summed E-state index contributed by atoms with van der Waals surface area (Å²) in [5.74, 6) is -7.62. The summed E-state index contributed by atoms with van der Waals surface area (Å²) < 4.78 is 218. The van der Waals surface area contributed by atoms with Crippen LogP contribution in [0.15, 0.2) is 133 Å². The molecule has 41 heteroatoms. The van der Waals surface area contributed by atoms with Crippen molar-refractivity contribution >= 4 is 93.5 Å². The molecule has 0 aliphatic carbocycles. The number of Topliss-reactive ketones (excluding diaryl/α,β-unsaturated/α-hetero) is 3. The minimum Gasteiger partial charge on any atom is -1.00 e. The summed E-state index contributed by atoms with van der Waals surface area (Å²) in [5, 5.41) is 27.2. The largest absolute Gasteiger partial charge is 1.00 e. The normalized spacial score (nSPS) is 11.4. The summed E-state index contributed by atoms with van der Waals surface area (Å²) in [4.78, 5) is 79.5. The second-order valence-corrected chi connectivity index (χ2v) is 32.3. The number of esters is 3. The smallest absolute Gasteiger partial charge is 1.00 e. The van der Waals surface area contributed by atoms with E-state index in [1.807, 2.05) is 33.8 Å². The van der Waals surface area contributed by atoms with Crippen molar-refractivity contribution in [3.8, 4) is 58.5 Å². The van der Waals surface area contributed by atoms with Crippen LogP contribution in [0.25, 0.3) is 10.4 Å². The molecule has 7 aromatic rings. The zero-order chi connectivity index (χ0) is 105. The van der Waals surface area contributed by atoms with Crippen molar-refractivity contribution in [2.45, 2.75) is 161 Å². The van der Waals surface area contributed by atoms with Gasteiger partial charge >= 0.3 is 66.4 Å². The standard InChI is InChI=1S/C14H16FNO3.2C13H14F4O2.C13H12FNO3.C12H14FNO.C12H15FO2.C9H9FO2.C4H5NO2.C4H8O.2CH2Cl2.ClH.Na/c1-14(2,11(8-16)13(17)19-4)10-6-5-9(15)7-12(10)18-3;2*1-12(2,7-11(18)13(15,16)17)9-5-4-8(14)6-10(9)19-3;1-8(11(7-15)13(16)18-3)10-5-4-9(14)6-12(10)17-2;2*1-12(2,6-7-14)10-5-4-9(13)8-11(10)15-3;1-6(11)8-4-3-7(10)5-9(8)12-2;1-5-3-4(6)7-2;1-2-4-5-3-1;2*2-1-3;;/h5-7,11H,1-4H3;2*4-6H,7H2,1-3H3;4-6H,1-3H3;4-5,8H,6H2,1-3H3;4-5,7-8H,6H2,1-3H3;3-5H,1-2H3;3H2,2H3;1-4H2;2*1H2;1H;/q;;;;;;;;;;;;+1/p-1/b;;;11-8-;;;;;;;;;. The number of nitriles is 3. The topological polar surface area (TPSA) is 297 Å². The molecule has 750 valence electrons. The quantitative estimate of drug-likeness (QED) is 0.00490. The number of methoxy groups -OCH3 is 10. The van der Waals surface area contributed by atoms with Crippen molar-refractivity contribution in [2.24, 2.45) is 5.92 Å². The van der Waals surface area contributed by atoms with Crippen LogP contribution in [0.4, 0.5) is 57.1 Å². The van der Waals surface area contributed by atoms with Crippen LogP contribution in [0.3, 0.4) is 0 Å². The molecular weight excluding hydrogens is 1940 g/mol. The summed E-state index contributed by atoms with van der Waals surface area (Å²) >= 11 is 19.1. The van der Waals surface area contributed by atoms with Crippen molar-refractivity contribution < 1.29 is 185 Å². The fourth-order valence-corrected chi connectivity index (χ4v) is 11.8. The Balaban J connectivity index is -0.000000480. The van der Waals surface area contributed by atoms with Crippen LogP contribution < -0.4 is 75.1 Å². The van der Waals surface area contributed by atoms with Crippen LogP contribution in [0.5, 0.6) is 40.2 Å². The third-order valence-corrected chi connectivity index (χ3v) is 18.9. The van der Waals surface area contributed by atoms with Crippen molar-refractivity contribution in [3.63, 3.8) is 0 Å². The molecule has 7 aromatic carbocycles. The number of nitrogens with zero attached hydrogens (tertiary/aromatic N) is 4. The van der Waals surface area contributed by atoms with Gasteiger partial charge in [-0.15, -0.1) is 46.4 Å². The van der Waals surface area contributed by atoms with Gasteiger partial charge < -0.3 is 74.2 Å². The predicted octanol–water partition coefficient (Wildman–Crippen LogP) is 17.5. The zero-order valence-corrected chi connectivity index (χ0v) is 85.8. The molecule has 0 radical (unpaired) electrons. The van der Waals surface area contributed by atoms with E-state index in [1.165, 1.54) is 210 Å². The number of alkyl halides is 10. The van der Waals surface area contributed by atoms with E-state index in [4.69, 9.17) is 101 Å². The molecule has 1 aliphatic rings. The maximum Gasteiger partial charge on any atom is 1.00 e. The Labute approximate surface area is 839 Å². The molecule has 1 fully saturated rings. The number of hydrogen-bond acceptors (Lipinski definition) is 21. The number of carbonyl (C=O) groups is 7. The van der Waals surface area contributed by atoms with E-state index in [-0.39, 0.29) is 116 Å². The summed E-state index contributed by atoms with van der Waals surface area (Å²) in [7, 11) is 13.5. The third-order valence-electron chi connectivity index (χ3n) is 18.9. The Kier molecular flexibility index (Phi) is 66.6. The summed E-state index contributed by atoms with van der Waals surface area (Å²) in [6.07, 6.45) is -7.02. The van der Waals surface area contributed by atoms with Gasteiger partial charge in [0.25, 0.3) is 0 Å². The summed E-state index contributed by atoms with van der Waals surface area (Å²) in [6, 6.07) is 33.4. The van der Waals surface area contributed by atoms with Crippen LogP contribution in [0, 0.1) is 87.2 Å². The number of halogens is 18. The third kappa shape index (κ3) is 48.5. The molecule has 1 saturated heterocycles. The van der Waals surface area contributed by atoms with E-state index in [9.17, 15) is 95.9 Å². The average Bonchev–Trinajstić information content (AvgIpc) is 0.953. The Hall–Kier alpha value is -10.6. The van der Waals surface area contributed by atoms with E-state index in [0.717, 1.165) is 54.9 Å². The van der Waals surface area contributed by atoms with Crippen molar-refractivity contribution in [3.05, 3.63) is 224 Å². The second-order valence-electron chi connectivity index (χ2n) is 30.7. The molecule has 1 atom stereocenters. The maximum absolute atomic E-state index is 13.2. The molecule has 0 amide bonds. The molecule has 1 unspecified atom stereocenters. The Bertz CT molecular complexity index is 5070. The van der Waals surface area contributed by atoms with Gasteiger partial charge in [0.05, 0.1) is 99.5 Å². The number of allylic oxidation sites excluding steroid dienone is 1. The van der Waals surface area contributed by atoms with E-state index >= 15 is 0 Å². The first-order chi connectivity index (χ1) is 62.9. The summed E-state index contributed by atoms with van der Waals surface area (Å²) in [5.41, 5.74) is 0.374. The molecule has 1 heterocycles. The summed E-state index contributed by atoms with van der Waals surface area (Å²) in [6.45, 7) is 28.1. The van der Waals surface area contributed by atoms with Crippen LogP contribution >= 0.6 is 46.4 Å². The van der Waals surface area contributed by atoms with E-state index in [1.54, 1.807) is 39.0 Å². The molecule has 137 heavy (non-hydrogen) atoms. The molecule has 8 rings (SSSR count). The minimum absolute atomic E-state index is 0. The van der Waals surface area contributed by atoms with Gasteiger partial charge in [-0.2, -0.15) is 42.1 Å². The minimum atomic E-state index is -4.87. The van der Waals surface area contributed by atoms with Crippen molar-refractivity contribution in [2.75, 3.05) is 102 Å². The van der Waals surface area contributed by atoms with Gasteiger partial charge in [-0.25, -0.2) is 46.9 Å². The van der Waals surface area contributed by atoms with Gasteiger partial charge in [-0.1, -0.05) is 99.6 Å². The first kappa shape index (κ1) is 135. The van der Waals surface area contributed by atoms with Gasteiger partial charge in [0, 0.05) is 136 Å². The number of carbonyl (C=O) groups excluding carboxylic acids is 7. The van der Waals surface area contributed by atoms with Crippen LogP contribution in [0.2, 0.25) is 0 Å². The Morgan fingerprint density at radius 1 is 0.453 bits per heavy atom. The fraction of sp³-hybridized carbons (Fsp3) is 0.427. The molecule has 0 aromatic heterocycles. The Morgan fingerprint density at radius 2 is 0.745 bits per heavy atom. The molecule has 1 aliphatic heterocycles. The van der Waals surface area contributed by atoms with E-state index in [2.05, 4.69) is 25.1 Å². The van der Waals surface area contributed by atoms with Gasteiger partial charge in [0.15, 0.2) is 11.7 Å². The predicted molar refractivity (Wildman–Crippen MR) is 486 cm³/mol. The number of ketones is 3. The van der Waals surface area contributed by atoms with Gasteiger partial charge in [-0.3, -0.25) is 19.2 Å². The Morgan fingerprint density at radius 3 is 0.993 bits per heavy atom. The number of hydrogen-bond donors (Lipinski definition) is 0. The first-order valence-electron chi connectivity index (χ1n) is 39.7. The van der Waals surface area contributed by atoms with Crippen molar-refractivity contribution in [1.29, 1.82) is 15.8 Å². The van der Waals surface area contributed by atoms with Crippen LogP contribution in [0.1, 0.15) is 165 Å². The molecule has 0 N–H and O–H groups in total. The number of aldehydes is 1. The monoisotopic (exact) mass is 2050 g/mol. The molecule has 22 nitrogen and oxygen atoms in total. The number of benzene rings is 7. The second kappa shape index (κ2) is 67.7. The van der Waals surface area contributed by atoms with Crippen molar-refractivity contribution in [1.82, 2.24) is 0 Å². The van der Waals surface area contributed by atoms with Crippen LogP contribution in [-0.2, 0) is 74.8 Å². The molecule has 0 saturated carbocycles.